The summed E-state index contributed by atoms with van der Waals surface area (Å²) in [4.78, 5) is 32.9. The van der Waals surface area contributed by atoms with Crippen molar-refractivity contribution in [1.82, 2.24) is 19.8 Å². The Hall–Kier alpha value is -2.83. The van der Waals surface area contributed by atoms with Gasteiger partial charge in [-0.25, -0.2) is 4.98 Å². The minimum atomic E-state index is -0.244. The largest absolute Gasteiger partial charge is 0.370 e. The van der Waals surface area contributed by atoms with E-state index in [1.807, 2.05) is 25.1 Å². The quantitative estimate of drug-likeness (QED) is 0.819. The zero-order chi connectivity index (χ0) is 18.5. The maximum absolute atomic E-state index is 12.4. The van der Waals surface area contributed by atoms with Crippen molar-refractivity contribution in [3.05, 3.63) is 48.0 Å². The van der Waals surface area contributed by atoms with Gasteiger partial charge in [0.15, 0.2) is 5.82 Å². The molecule has 2 heterocycles. The Kier molecular flexibility index (Phi) is 5.55. The molecule has 1 N–H and O–H groups in total. The second-order valence-corrected chi connectivity index (χ2v) is 6.20. The first-order chi connectivity index (χ1) is 12.6. The molecule has 0 fully saturated rings. The van der Waals surface area contributed by atoms with Gasteiger partial charge < -0.3 is 19.7 Å². The summed E-state index contributed by atoms with van der Waals surface area (Å²) in [6.45, 7) is 8.09. The molecule has 0 spiro atoms. The molecule has 26 heavy (non-hydrogen) atoms. The number of carbonyl (C=O) groups excluding carboxylic acids is 2. The fourth-order valence-corrected chi connectivity index (χ4v) is 3.14. The molecule has 138 valence electrons. The lowest BCUT2D eigenvalue weighted by molar-refractivity contribution is 0.0707. The summed E-state index contributed by atoms with van der Waals surface area (Å²) in [6, 6.07) is 10.1. The van der Waals surface area contributed by atoms with Gasteiger partial charge in [-0.1, -0.05) is 18.2 Å². The number of benzene rings is 1. The van der Waals surface area contributed by atoms with Crippen molar-refractivity contribution in [3.8, 4) is 0 Å². The third kappa shape index (κ3) is 3.71. The van der Waals surface area contributed by atoms with Gasteiger partial charge >= 0.3 is 0 Å². The minimum Gasteiger partial charge on any atom is -0.370 e. The van der Waals surface area contributed by atoms with E-state index < -0.39 is 0 Å². The average molecular weight is 355 g/mol. The summed E-state index contributed by atoms with van der Waals surface area (Å²) in [6.07, 6.45) is 1.67. The van der Waals surface area contributed by atoms with E-state index in [2.05, 4.69) is 34.3 Å². The van der Waals surface area contributed by atoms with Gasteiger partial charge in [0.1, 0.15) is 5.69 Å². The fraction of sp³-hybridized carbons (Fsp3) is 0.421. The minimum absolute atomic E-state index is 0.112. The molecule has 0 aliphatic carbocycles. The zero-order valence-electron chi connectivity index (χ0n) is 15.3. The maximum atomic E-state index is 12.4. The molecule has 1 aliphatic heterocycles. The molecule has 2 amide bonds. The van der Waals surface area contributed by atoms with Crippen molar-refractivity contribution in [2.75, 3.05) is 37.6 Å². The van der Waals surface area contributed by atoms with E-state index in [9.17, 15) is 9.59 Å². The molecule has 0 saturated carbocycles. The Labute approximate surface area is 153 Å². The van der Waals surface area contributed by atoms with Crippen LogP contribution in [0.5, 0.6) is 0 Å². The van der Waals surface area contributed by atoms with Crippen LogP contribution in [-0.2, 0) is 6.54 Å². The molecular weight excluding hydrogens is 330 g/mol. The van der Waals surface area contributed by atoms with Crippen molar-refractivity contribution in [2.45, 2.75) is 20.4 Å². The summed E-state index contributed by atoms with van der Waals surface area (Å²) in [7, 11) is 0. The number of imidazole rings is 1. The normalized spacial score (nSPS) is 13.5. The third-order valence-corrected chi connectivity index (χ3v) is 4.65. The summed E-state index contributed by atoms with van der Waals surface area (Å²) in [5.74, 6) is -0.00591. The molecule has 7 heteroatoms. The number of amides is 2. The van der Waals surface area contributed by atoms with E-state index in [4.69, 9.17) is 0 Å². The average Bonchev–Trinajstić information content (AvgIpc) is 3.11. The molecule has 1 aromatic heterocycles. The van der Waals surface area contributed by atoms with Crippen LogP contribution in [0.1, 0.15) is 35.0 Å². The predicted molar refractivity (Wildman–Crippen MR) is 100 cm³/mol. The molecule has 1 aromatic carbocycles. The predicted octanol–water partition coefficient (Wildman–Crippen LogP) is 1.62. The number of likely N-dealkylation sites (N-methyl/N-ethyl adjacent to an activating group) is 2. The smallest absolute Gasteiger partial charge is 0.289 e. The van der Waals surface area contributed by atoms with Crippen molar-refractivity contribution >= 4 is 17.5 Å². The molecule has 0 saturated heterocycles. The van der Waals surface area contributed by atoms with Crippen molar-refractivity contribution in [3.63, 3.8) is 0 Å². The molecule has 1 aliphatic rings. The highest BCUT2D eigenvalue weighted by Gasteiger charge is 2.27. The van der Waals surface area contributed by atoms with Crippen LogP contribution in [0, 0.1) is 0 Å². The van der Waals surface area contributed by atoms with E-state index in [-0.39, 0.29) is 11.8 Å². The summed E-state index contributed by atoms with van der Waals surface area (Å²) >= 11 is 0. The maximum Gasteiger partial charge on any atom is 0.289 e. The van der Waals surface area contributed by atoms with Gasteiger partial charge in [0.2, 0.25) is 0 Å². The molecule has 0 unspecified atom stereocenters. The Morgan fingerprint density at radius 3 is 2.69 bits per heavy atom. The summed E-state index contributed by atoms with van der Waals surface area (Å²) < 4.78 is 1.77. The van der Waals surface area contributed by atoms with Gasteiger partial charge in [0.25, 0.3) is 11.8 Å². The zero-order valence-corrected chi connectivity index (χ0v) is 15.3. The lowest BCUT2D eigenvalue weighted by atomic mass is 10.3. The summed E-state index contributed by atoms with van der Waals surface area (Å²) in [5.41, 5.74) is 1.43. The number of carbonyl (C=O) groups is 2. The van der Waals surface area contributed by atoms with Crippen LogP contribution in [0.2, 0.25) is 0 Å². The standard InChI is InChI=1S/C19H25N5O2/c1-3-22(15-8-6-5-7-9-15)11-10-20-18(25)16-14-24-13-12-23(4-2)19(26)17(24)21-16/h5-9,14H,3-4,10-13H2,1-2H3,(H,20,25). The monoisotopic (exact) mass is 355 g/mol. The Balaban J connectivity index is 1.58. The van der Waals surface area contributed by atoms with E-state index in [1.54, 1.807) is 15.7 Å². The van der Waals surface area contributed by atoms with Crippen LogP contribution in [0.25, 0.3) is 0 Å². The highest BCUT2D eigenvalue weighted by atomic mass is 16.2. The number of fused-ring (bicyclic) bond motifs is 1. The highest BCUT2D eigenvalue weighted by molar-refractivity contribution is 5.96. The van der Waals surface area contributed by atoms with Gasteiger partial charge in [-0.3, -0.25) is 9.59 Å². The Morgan fingerprint density at radius 1 is 1.23 bits per heavy atom. The SMILES string of the molecule is CCN1CCn2cc(C(=O)NCCN(CC)c3ccccc3)nc2C1=O. The van der Waals surface area contributed by atoms with Gasteiger partial charge in [0.05, 0.1) is 0 Å². The van der Waals surface area contributed by atoms with Crippen LogP contribution < -0.4 is 10.2 Å². The second kappa shape index (κ2) is 8.03. The lowest BCUT2D eigenvalue weighted by Crippen LogP contribution is -2.40. The van der Waals surface area contributed by atoms with E-state index in [0.717, 1.165) is 12.2 Å². The highest BCUT2D eigenvalue weighted by Crippen LogP contribution is 2.13. The third-order valence-electron chi connectivity index (χ3n) is 4.65. The van der Waals surface area contributed by atoms with E-state index >= 15 is 0 Å². The first kappa shape index (κ1) is 18.0. The molecular formula is C19H25N5O2. The Morgan fingerprint density at radius 2 is 2.00 bits per heavy atom. The van der Waals surface area contributed by atoms with Crippen molar-refractivity contribution < 1.29 is 9.59 Å². The first-order valence-corrected chi connectivity index (χ1v) is 9.08. The lowest BCUT2D eigenvalue weighted by Gasteiger charge is -2.25. The van der Waals surface area contributed by atoms with Gasteiger partial charge in [-0.05, 0) is 26.0 Å². The number of hydrogen-bond donors (Lipinski definition) is 1. The number of aromatic nitrogens is 2. The van der Waals surface area contributed by atoms with Crippen molar-refractivity contribution in [2.24, 2.45) is 0 Å². The fourth-order valence-electron chi connectivity index (χ4n) is 3.14. The number of rotatable bonds is 7. The number of anilines is 1. The van der Waals surface area contributed by atoms with Crippen LogP contribution in [0.3, 0.4) is 0 Å². The second-order valence-electron chi connectivity index (χ2n) is 6.20. The van der Waals surface area contributed by atoms with Crippen LogP contribution in [0.15, 0.2) is 36.5 Å². The van der Waals surface area contributed by atoms with Crippen LogP contribution in [-0.4, -0.2) is 59.0 Å². The van der Waals surface area contributed by atoms with E-state index in [1.165, 1.54) is 0 Å². The molecule has 7 nitrogen and oxygen atoms in total. The number of nitrogens with zero attached hydrogens (tertiary/aromatic N) is 4. The molecule has 3 rings (SSSR count). The molecule has 0 bridgehead atoms. The molecule has 0 radical (unpaired) electrons. The molecule has 0 atom stereocenters. The van der Waals surface area contributed by atoms with Crippen molar-refractivity contribution in [1.29, 1.82) is 0 Å². The van der Waals surface area contributed by atoms with Crippen LogP contribution >= 0.6 is 0 Å². The number of para-hydroxylation sites is 1. The Bertz CT molecular complexity index is 771. The number of hydrogen-bond acceptors (Lipinski definition) is 4. The summed E-state index contributed by atoms with van der Waals surface area (Å²) in [5, 5.41) is 2.90. The van der Waals surface area contributed by atoms with E-state index in [0.29, 0.717) is 44.2 Å². The van der Waals surface area contributed by atoms with Gasteiger partial charge in [0, 0.05) is 51.2 Å². The van der Waals surface area contributed by atoms with Crippen LogP contribution in [0.4, 0.5) is 5.69 Å². The van der Waals surface area contributed by atoms with Gasteiger partial charge in [-0.2, -0.15) is 0 Å². The number of nitrogens with one attached hydrogen (secondary N) is 1. The first-order valence-electron chi connectivity index (χ1n) is 9.08. The van der Waals surface area contributed by atoms with Gasteiger partial charge in [-0.15, -0.1) is 0 Å². The topological polar surface area (TPSA) is 70.5 Å². The molecule has 2 aromatic rings.